The summed E-state index contributed by atoms with van der Waals surface area (Å²) in [6, 6.07) is 7.72. The molecule has 0 spiro atoms. The molecule has 0 unspecified atom stereocenters. The average Bonchev–Trinajstić information content (AvgIpc) is 2.90. The Balaban J connectivity index is 1.86. The first-order valence-electron chi connectivity index (χ1n) is 6.27. The summed E-state index contributed by atoms with van der Waals surface area (Å²) in [5.41, 5.74) is 9.40. The SMILES string of the molecule is Nc1ncnc(NN=Cc2c[nH]c3ccccc23)c1[N+](=O)[O-]. The zero-order chi connectivity index (χ0) is 15.5. The van der Waals surface area contributed by atoms with Crippen LogP contribution in [0.1, 0.15) is 5.56 Å². The minimum atomic E-state index is -0.654. The predicted molar refractivity (Wildman–Crippen MR) is 82.6 cm³/mol. The van der Waals surface area contributed by atoms with Gasteiger partial charge in [-0.1, -0.05) is 18.2 Å². The Hall–Kier alpha value is -3.49. The highest BCUT2D eigenvalue weighted by Gasteiger charge is 2.20. The lowest BCUT2D eigenvalue weighted by Gasteiger charge is -2.01. The van der Waals surface area contributed by atoms with Crippen LogP contribution in [-0.2, 0) is 0 Å². The number of nitrogens with zero attached hydrogens (tertiary/aromatic N) is 4. The van der Waals surface area contributed by atoms with Gasteiger partial charge in [0.25, 0.3) is 0 Å². The monoisotopic (exact) mass is 297 g/mol. The number of nitrogens with two attached hydrogens (primary N) is 1. The van der Waals surface area contributed by atoms with Gasteiger partial charge in [0, 0.05) is 22.7 Å². The number of aromatic nitrogens is 3. The van der Waals surface area contributed by atoms with Crippen LogP contribution < -0.4 is 11.2 Å². The molecule has 2 aromatic heterocycles. The fraction of sp³-hybridized carbons (Fsp3) is 0. The quantitative estimate of drug-likeness (QED) is 0.382. The first-order valence-corrected chi connectivity index (χ1v) is 6.27. The van der Waals surface area contributed by atoms with Gasteiger partial charge in [-0.05, 0) is 6.07 Å². The van der Waals surface area contributed by atoms with Crippen LogP contribution in [0.25, 0.3) is 10.9 Å². The van der Waals surface area contributed by atoms with Gasteiger partial charge in [-0.25, -0.2) is 9.97 Å². The third-order valence-electron chi connectivity index (χ3n) is 3.03. The van der Waals surface area contributed by atoms with Crippen LogP contribution >= 0.6 is 0 Å². The van der Waals surface area contributed by atoms with E-state index in [2.05, 4.69) is 25.5 Å². The molecule has 3 aromatic rings. The molecule has 0 bridgehead atoms. The zero-order valence-corrected chi connectivity index (χ0v) is 11.2. The van der Waals surface area contributed by atoms with Gasteiger partial charge in [0.2, 0.25) is 11.6 Å². The zero-order valence-electron chi connectivity index (χ0n) is 11.2. The summed E-state index contributed by atoms with van der Waals surface area (Å²) >= 11 is 0. The lowest BCUT2D eigenvalue weighted by Crippen LogP contribution is -2.04. The van der Waals surface area contributed by atoms with Crippen LogP contribution in [0, 0.1) is 10.1 Å². The van der Waals surface area contributed by atoms with Crippen molar-refractivity contribution in [2.75, 3.05) is 11.2 Å². The van der Waals surface area contributed by atoms with Crippen molar-refractivity contribution in [1.29, 1.82) is 0 Å². The average molecular weight is 297 g/mol. The number of nitrogens with one attached hydrogen (secondary N) is 2. The topological polar surface area (TPSA) is 135 Å². The molecule has 0 aliphatic heterocycles. The van der Waals surface area contributed by atoms with Crippen LogP contribution in [0.2, 0.25) is 0 Å². The van der Waals surface area contributed by atoms with Gasteiger partial charge < -0.3 is 10.7 Å². The summed E-state index contributed by atoms with van der Waals surface area (Å²) in [4.78, 5) is 20.8. The molecule has 110 valence electrons. The molecule has 0 radical (unpaired) electrons. The number of rotatable bonds is 4. The lowest BCUT2D eigenvalue weighted by atomic mass is 10.2. The fourth-order valence-corrected chi connectivity index (χ4v) is 2.02. The van der Waals surface area contributed by atoms with Crippen molar-refractivity contribution in [3.63, 3.8) is 0 Å². The van der Waals surface area contributed by atoms with Crippen molar-refractivity contribution in [3.8, 4) is 0 Å². The molecule has 0 saturated carbocycles. The standard InChI is InChI=1S/C13H11N7O2/c14-12-11(20(21)22)13(17-7-16-12)19-18-6-8-5-15-10-4-2-1-3-9(8)10/h1-7,15H,(H3,14,16,17,19). The first kappa shape index (κ1) is 13.5. The van der Waals surface area contributed by atoms with Gasteiger partial charge in [0.1, 0.15) is 6.33 Å². The van der Waals surface area contributed by atoms with E-state index in [0.717, 1.165) is 22.8 Å². The molecular formula is C13H11N7O2. The molecular weight excluding hydrogens is 286 g/mol. The predicted octanol–water partition coefficient (Wildman–Crippen LogP) is 1.89. The molecule has 9 heteroatoms. The lowest BCUT2D eigenvalue weighted by molar-refractivity contribution is -0.383. The number of hydrogen-bond acceptors (Lipinski definition) is 7. The summed E-state index contributed by atoms with van der Waals surface area (Å²) in [6.45, 7) is 0. The summed E-state index contributed by atoms with van der Waals surface area (Å²) in [7, 11) is 0. The maximum absolute atomic E-state index is 11.0. The molecule has 2 heterocycles. The summed E-state index contributed by atoms with van der Waals surface area (Å²) in [5.74, 6) is -0.279. The summed E-state index contributed by atoms with van der Waals surface area (Å²) < 4.78 is 0. The third-order valence-corrected chi connectivity index (χ3v) is 3.03. The van der Waals surface area contributed by atoms with Crippen molar-refractivity contribution < 1.29 is 4.92 Å². The molecule has 0 saturated heterocycles. The minimum absolute atomic E-state index is 0.0615. The number of aromatic amines is 1. The van der Waals surface area contributed by atoms with E-state index in [1.165, 1.54) is 0 Å². The van der Waals surface area contributed by atoms with Crippen LogP contribution in [0.4, 0.5) is 17.3 Å². The number of nitrogen functional groups attached to an aromatic ring is 1. The number of hydrogen-bond donors (Lipinski definition) is 3. The highest BCUT2D eigenvalue weighted by atomic mass is 16.6. The van der Waals surface area contributed by atoms with Crippen LogP contribution in [0.5, 0.6) is 0 Å². The van der Waals surface area contributed by atoms with Gasteiger partial charge >= 0.3 is 5.69 Å². The molecule has 22 heavy (non-hydrogen) atoms. The normalized spacial score (nSPS) is 11.1. The summed E-state index contributed by atoms with van der Waals surface area (Å²) in [5, 5.41) is 15.9. The number of hydrazone groups is 1. The molecule has 0 fully saturated rings. The Morgan fingerprint density at radius 2 is 2.18 bits per heavy atom. The Labute approximate surface area is 124 Å². The number of anilines is 2. The molecule has 0 amide bonds. The van der Waals surface area contributed by atoms with Crippen molar-refractivity contribution in [2.45, 2.75) is 0 Å². The molecule has 9 nitrogen and oxygen atoms in total. The van der Waals surface area contributed by atoms with E-state index in [1.807, 2.05) is 24.3 Å². The highest BCUT2D eigenvalue weighted by molar-refractivity contribution is 5.99. The van der Waals surface area contributed by atoms with E-state index in [9.17, 15) is 10.1 Å². The largest absolute Gasteiger partial charge is 0.378 e. The molecule has 1 aromatic carbocycles. The van der Waals surface area contributed by atoms with Crippen molar-refractivity contribution in [1.82, 2.24) is 15.0 Å². The molecule has 0 atom stereocenters. The number of nitro groups is 1. The second-order valence-corrected chi connectivity index (χ2v) is 4.37. The molecule has 0 aliphatic rings. The maximum atomic E-state index is 11.0. The van der Waals surface area contributed by atoms with Crippen molar-refractivity contribution >= 4 is 34.4 Å². The number of benzene rings is 1. The second-order valence-electron chi connectivity index (χ2n) is 4.37. The first-order chi connectivity index (χ1) is 10.7. The summed E-state index contributed by atoms with van der Waals surface area (Å²) in [6.07, 6.45) is 4.46. The van der Waals surface area contributed by atoms with E-state index < -0.39 is 10.6 Å². The Bertz CT molecular complexity index is 872. The molecule has 4 N–H and O–H groups in total. The third kappa shape index (κ3) is 2.42. The van der Waals surface area contributed by atoms with Crippen LogP contribution in [0.3, 0.4) is 0 Å². The number of para-hydroxylation sites is 1. The van der Waals surface area contributed by atoms with E-state index in [4.69, 9.17) is 5.73 Å². The van der Waals surface area contributed by atoms with Crippen LogP contribution in [-0.4, -0.2) is 26.1 Å². The van der Waals surface area contributed by atoms with Crippen LogP contribution in [0.15, 0.2) is 41.9 Å². The van der Waals surface area contributed by atoms with Gasteiger partial charge in [-0.2, -0.15) is 5.10 Å². The highest BCUT2D eigenvalue weighted by Crippen LogP contribution is 2.26. The van der Waals surface area contributed by atoms with E-state index in [1.54, 1.807) is 12.4 Å². The van der Waals surface area contributed by atoms with E-state index in [-0.39, 0.29) is 11.6 Å². The van der Waals surface area contributed by atoms with E-state index >= 15 is 0 Å². The second kappa shape index (κ2) is 5.48. The minimum Gasteiger partial charge on any atom is -0.378 e. The van der Waals surface area contributed by atoms with Crippen molar-refractivity contribution in [3.05, 3.63) is 52.5 Å². The Kier molecular flexibility index (Phi) is 3.36. The number of H-pyrrole nitrogens is 1. The van der Waals surface area contributed by atoms with E-state index in [0.29, 0.717) is 0 Å². The van der Waals surface area contributed by atoms with Gasteiger partial charge in [0.15, 0.2) is 0 Å². The maximum Gasteiger partial charge on any atom is 0.354 e. The van der Waals surface area contributed by atoms with Gasteiger partial charge in [-0.3, -0.25) is 15.5 Å². The van der Waals surface area contributed by atoms with Gasteiger partial charge in [0.05, 0.1) is 11.1 Å². The Morgan fingerprint density at radius 1 is 1.36 bits per heavy atom. The number of fused-ring (bicyclic) bond motifs is 1. The smallest absolute Gasteiger partial charge is 0.354 e. The van der Waals surface area contributed by atoms with Gasteiger partial charge in [-0.15, -0.1) is 0 Å². The Morgan fingerprint density at radius 3 is 3.00 bits per heavy atom. The molecule has 0 aliphatic carbocycles. The molecule has 3 rings (SSSR count). The van der Waals surface area contributed by atoms with Crippen molar-refractivity contribution in [2.24, 2.45) is 5.10 Å². The fourth-order valence-electron chi connectivity index (χ4n) is 2.02.